The second-order valence-electron chi connectivity index (χ2n) is 5.30. The monoisotopic (exact) mass is 291 g/mol. The summed E-state index contributed by atoms with van der Waals surface area (Å²) in [6, 6.07) is 3.35. The van der Waals surface area contributed by atoms with Crippen LogP contribution in [0.4, 0.5) is 0 Å². The molecule has 21 heavy (non-hydrogen) atoms. The van der Waals surface area contributed by atoms with E-state index in [4.69, 9.17) is 5.11 Å². The van der Waals surface area contributed by atoms with Gasteiger partial charge in [0.1, 0.15) is 0 Å². The Labute approximate surface area is 124 Å². The molecule has 1 aromatic heterocycles. The van der Waals surface area contributed by atoms with Gasteiger partial charge in [0.2, 0.25) is 5.91 Å². The van der Waals surface area contributed by atoms with E-state index < -0.39 is 5.97 Å². The number of carboxylic acid groups (broad SMARTS) is 1. The molecule has 6 heteroatoms. The Kier molecular flexibility index (Phi) is 5.68. The number of carbonyl (C=O) groups is 2. The molecule has 1 atom stereocenters. The molecule has 1 fully saturated rings. The van der Waals surface area contributed by atoms with E-state index in [0.29, 0.717) is 18.2 Å². The van der Waals surface area contributed by atoms with Crippen molar-refractivity contribution in [1.29, 1.82) is 0 Å². The third-order valence-electron chi connectivity index (χ3n) is 3.66. The number of nitrogens with zero attached hydrogens (tertiary/aromatic N) is 1. The fraction of sp³-hybridized carbons (Fsp3) is 0.533. The highest BCUT2D eigenvalue weighted by Gasteiger charge is 2.14. The predicted octanol–water partition coefficient (Wildman–Crippen LogP) is 1.32. The molecule has 0 saturated carbocycles. The fourth-order valence-corrected chi connectivity index (χ4v) is 2.46. The Morgan fingerprint density at radius 1 is 1.43 bits per heavy atom. The zero-order chi connectivity index (χ0) is 15.1. The zero-order valence-electron chi connectivity index (χ0n) is 12.0. The van der Waals surface area contributed by atoms with Crippen molar-refractivity contribution in [3.8, 4) is 0 Å². The summed E-state index contributed by atoms with van der Waals surface area (Å²) in [5.74, 6) is -1.02. The maximum Gasteiger partial charge on any atom is 0.335 e. The first-order chi connectivity index (χ1) is 10.1. The van der Waals surface area contributed by atoms with Gasteiger partial charge in [-0.05, 0) is 37.9 Å². The molecular weight excluding hydrogens is 270 g/mol. The van der Waals surface area contributed by atoms with Crippen LogP contribution in [0.25, 0.3) is 0 Å². The molecule has 6 nitrogen and oxygen atoms in total. The summed E-state index contributed by atoms with van der Waals surface area (Å²) >= 11 is 0. The molecule has 1 saturated heterocycles. The fourth-order valence-electron chi connectivity index (χ4n) is 2.46. The van der Waals surface area contributed by atoms with E-state index in [9.17, 15) is 9.59 Å². The van der Waals surface area contributed by atoms with Crippen LogP contribution in [0, 0.1) is 0 Å². The van der Waals surface area contributed by atoms with Gasteiger partial charge >= 0.3 is 5.97 Å². The van der Waals surface area contributed by atoms with E-state index in [-0.39, 0.29) is 18.0 Å². The van der Waals surface area contributed by atoms with Crippen molar-refractivity contribution >= 4 is 11.9 Å². The molecule has 0 aromatic carbocycles. The van der Waals surface area contributed by atoms with Gasteiger partial charge in [-0.3, -0.25) is 9.78 Å². The van der Waals surface area contributed by atoms with E-state index in [1.54, 1.807) is 0 Å². The Bertz CT molecular complexity index is 499. The first-order valence-corrected chi connectivity index (χ1v) is 7.33. The van der Waals surface area contributed by atoms with Crippen molar-refractivity contribution in [2.45, 2.75) is 44.7 Å². The van der Waals surface area contributed by atoms with Crippen LogP contribution in [-0.2, 0) is 11.3 Å². The van der Waals surface area contributed by atoms with E-state index >= 15 is 0 Å². The summed E-state index contributed by atoms with van der Waals surface area (Å²) in [5, 5.41) is 15.1. The van der Waals surface area contributed by atoms with Crippen molar-refractivity contribution in [3.63, 3.8) is 0 Å². The number of aromatic carboxylic acids is 1. The van der Waals surface area contributed by atoms with Gasteiger partial charge in [0.05, 0.1) is 17.8 Å². The van der Waals surface area contributed by atoms with Crippen molar-refractivity contribution in [2.75, 3.05) is 6.54 Å². The minimum Gasteiger partial charge on any atom is -0.478 e. The molecule has 1 amide bonds. The number of hydrogen-bond acceptors (Lipinski definition) is 4. The van der Waals surface area contributed by atoms with Crippen LogP contribution in [0.2, 0.25) is 0 Å². The average molecular weight is 291 g/mol. The Hall–Kier alpha value is -1.95. The molecular formula is C15H21N3O3. The minimum absolute atomic E-state index is 0.0232. The molecule has 0 spiro atoms. The highest BCUT2D eigenvalue weighted by molar-refractivity contribution is 5.87. The highest BCUT2D eigenvalue weighted by Crippen LogP contribution is 2.11. The van der Waals surface area contributed by atoms with Gasteiger partial charge in [-0.2, -0.15) is 0 Å². The molecule has 1 aromatic rings. The van der Waals surface area contributed by atoms with Gasteiger partial charge in [0, 0.05) is 18.7 Å². The molecule has 0 radical (unpaired) electrons. The number of pyridine rings is 1. The predicted molar refractivity (Wildman–Crippen MR) is 77.9 cm³/mol. The van der Waals surface area contributed by atoms with Crippen LogP contribution < -0.4 is 10.6 Å². The maximum atomic E-state index is 11.8. The van der Waals surface area contributed by atoms with E-state index in [1.807, 2.05) is 0 Å². The summed E-state index contributed by atoms with van der Waals surface area (Å²) in [5.41, 5.74) is 0.736. The second-order valence-corrected chi connectivity index (χ2v) is 5.30. The van der Waals surface area contributed by atoms with Gasteiger partial charge in [0.25, 0.3) is 0 Å². The van der Waals surface area contributed by atoms with Gasteiger partial charge in [-0.1, -0.05) is 6.42 Å². The molecule has 114 valence electrons. The van der Waals surface area contributed by atoms with Crippen molar-refractivity contribution < 1.29 is 14.7 Å². The van der Waals surface area contributed by atoms with E-state index in [0.717, 1.165) is 19.4 Å². The van der Waals surface area contributed by atoms with E-state index in [1.165, 1.54) is 31.2 Å². The van der Waals surface area contributed by atoms with E-state index in [2.05, 4.69) is 15.6 Å². The molecule has 1 unspecified atom stereocenters. The van der Waals surface area contributed by atoms with Gasteiger partial charge in [0.15, 0.2) is 0 Å². The third-order valence-corrected chi connectivity index (χ3v) is 3.66. The standard InChI is InChI=1S/C15H21N3O3/c19-14(5-4-12-3-1-2-7-16-12)18-10-13-9-11(15(20)21)6-8-17-13/h6,8-9,12,16H,1-5,7,10H2,(H,18,19)(H,20,21). The summed E-state index contributed by atoms with van der Waals surface area (Å²) in [6.45, 7) is 1.30. The highest BCUT2D eigenvalue weighted by atomic mass is 16.4. The first-order valence-electron chi connectivity index (χ1n) is 7.33. The molecule has 0 bridgehead atoms. The minimum atomic E-state index is -0.992. The molecule has 1 aliphatic rings. The summed E-state index contributed by atoms with van der Waals surface area (Å²) in [4.78, 5) is 26.7. The van der Waals surface area contributed by atoms with Crippen molar-refractivity contribution in [1.82, 2.24) is 15.6 Å². The van der Waals surface area contributed by atoms with Crippen LogP contribution >= 0.6 is 0 Å². The number of aromatic nitrogens is 1. The first kappa shape index (κ1) is 15.4. The molecule has 1 aliphatic heterocycles. The topological polar surface area (TPSA) is 91.3 Å². The lowest BCUT2D eigenvalue weighted by Gasteiger charge is -2.23. The van der Waals surface area contributed by atoms with Gasteiger partial charge in [-0.15, -0.1) is 0 Å². The number of rotatable bonds is 6. The third kappa shape index (κ3) is 5.15. The second kappa shape index (κ2) is 7.73. The number of carbonyl (C=O) groups excluding carboxylic acids is 1. The van der Waals surface area contributed by atoms with Crippen molar-refractivity contribution in [3.05, 3.63) is 29.6 Å². The maximum absolute atomic E-state index is 11.8. The Morgan fingerprint density at radius 3 is 3.00 bits per heavy atom. The smallest absolute Gasteiger partial charge is 0.335 e. The lowest BCUT2D eigenvalue weighted by atomic mass is 10.0. The van der Waals surface area contributed by atoms with Gasteiger partial charge in [-0.25, -0.2) is 4.79 Å². The normalized spacial score (nSPS) is 18.2. The van der Waals surface area contributed by atoms with Crippen LogP contribution in [0.3, 0.4) is 0 Å². The number of carboxylic acids is 1. The van der Waals surface area contributed by atoms with Crippen LogP contribution in [0.5, 0.6) is 0 Å². The lowest BCUT2D eigenvalue weighted by molar-refractivity contribution is -0.121. The quantitative estimate of drug-likeness (QED) is 0.735. The SMILES string of the molecule is O=C(CCC1CCCCN1)NCc1cc(C(=O)O)ccn1. The van der Waals surface area contributed by atoms with Crippen molar-refractivity contribution in [2.24, 2.45) is 0 Å². The largest absolute Gasteiger partial charge is 0.478 e. The number of hydrogen-bond donors (Lipinski definition) is 3. The molecule has 3 N–H and O–H groups in total. The summed E-state index contributed by atoms with van der Waals surface area (Å²) in [6.07, 6.45) is 6.34. The molecule has 2 rings (SSSR count). The summed E-state index contributed by atoms with van der Waals surface area (Å²) < 4.78 is 0. The lowest BCUT2D eigenvalue weighted by Crippen LogP contribution is -2.35. The van der Waals surface area contributed by atoms with Crippen LogP contribution in [-0.4, -0.2) is 34.6 Å². The average Bonchev–Trinajstić information content (AvgIpc) is 2.52. The Balaban J connectivity index is 1.73. The molecule has 0 aliphatic carbocycles. The van der Waals surface area contributed by atoms with Crippen LogP contribution in [0.1, 0.15) is 48.2 Å². The number of piperidine rings is 1. The number of amides is 1. The summed E-state index contributed by atoms with van der Waals surface area (Å²) in [7, 11) is 0. The zero-order valence-corrected chi connectivity index (χ0v) is 12.0. The van der Waals surface area contributed by atoms with Gasteiger partial charge < -0.3 is 15.7 Å². The number of nitrogens with one attached hydrogen (secondary N) is 2. The van der Waals surface area contributed by atoms with Crippen LogP contribution in [0.15, 0.2) is 18.3 Å². The molecule has 2 heterocycles. The Morgan fingerprint density at radius 2 is 2.29 bits per heavy atom.